The molecule has 0 spiro atoms. The predicted octanol–water partition coefficient (Wildman–Crippen LogP) is 8.78. The van der Waals surface area contributed by atoms with E-state index in [2.05, 4.69) is 34.5 Å². The van der Waals surface area contributed by atoms with Crippen LogP contribution in [-0.4, -0.2) is 38.0 Å². The quantitative estimate of drug-likeness (QED) is 0.127. The summed E-state index contributed by atoms with van der Waals surface area (Å²) in [5, 5.41) is 2.66. The number of rotatable bonds is 8. The minimum atomic E-state index is -0.796. The number of nitrogens with zero attached hydrogens (tertiary/aromatic N) is 2. The number of carbonyl (C=O) groups is 3. The second kappa shape index (κ2) is 14.3. The van der Waals surface area contributed by atoms with E-state index in [0.29, 0.717) is 22.7 Å². The van der Waals surface area contributed by atoms with Crippen LogP contribution in [0.25, 0.3) is 6.08 Å². The van der Waals surface area contributed by atoms with Crippen LogP contribution in [0, 0.1) is 6.92 Å². The van der Waals surface area contributed by atoms with Crippen LogP contribution in [0.2, 0.25) is 5.02 Å². The average molecular weight is 724 g/mol. The first-order valence-electron chi connectivity index (χ1n) is 17.8. The molecule has 266 valence electrons. The fourth-order valence-electron chi connectivity index (χ4n) is 7.95. The molecule has 0 aromatic heterocycles. The topological polar surface area (TPSA) is 88.2 Å². The molecule has 5 aromatic rings. The minimum absolute atomic E-state index is 0.0662. The van der Waals surface area contributed by atoms with Crippen LogP contribution >= 0.6 is 11.6 Å². The molecule has 3 heterocycles. The molecule has 0 aliphatic carbocycles. The lowest BCUT2D eigenvalue weighted by molar-refractivity contribution is -0.122. The lowest BCUT2D eigenvalue weighted by Crippen LogP contribution is -2.54. The van der Waals surface area contributed by atoms with Gasteiger partial charge in [0.2, 0.25) is 0 Å². The molecular formula is C44H38ClN3O5. The van der Waals surface area contributed by atoms with E-state index >= 15 is 0 Å². The van der Waals surface area contributed by atoms with Gasteiger partial charge in [-0.3, -0.25) is 14.9 Å². The van der Waals surface area contributed by atoms with Gasteiger partial charge in [-0.25, -0.2) is 9.69 Å². The van der Waals surface area contributed by atoms with E-state index in [4.69, 9.17) is 21.1 Å². The van der Waals surface area contributed by atoms with Crippen molar-refractivity contribution in [1.29, 1.82) is 0 Å². The Labute approximate surface area is 313 Å². The number of anilines is 2. The van der Waals surface area contributed by atoms with E-state index in [1.165, 1.54) is 24.3 Å². The number of hydrogen-bond acceptors (Lipinski definition) is 6. The van der Waals surface area contributed by atoms with Gasteiger partial charge in [0.15, 0.2) is 11.5 Å². The summed E-state index contributed by atoms with van der Waals surface area (Å²) < 4.78 is 11.7. The zero-order chi connectivity index (χ0) is 36.6. The highest BCUT2D eigenvalue weighted by atomic mass is 35.5. The summed E-state index contributed by atoms with van der Waals surface area (Å²) in [5.74, 6) is -0.705. The molecule has 1 N–H and O–H groups in total. The first kappa shape index (κ1) is 34.2. The molecule has 2 atom stereocenters. The van der Waals surface area contributed by atoms with Gasteiger partial charge in [-0.05, 0) is 83.5 Å². The maximum Gasteiger partial charge on any atom is 0.335 e. The zero-order valence-corrected chi connectivity index (χ0v) is 30.2. The van der Waals surface area contributed by atoms with Gasteiger partial charge < -0.3 is 14.4 Å². The second-order valence-corrected chi connectivity index (χ2v) is 14.1. The van der Waals surface area contributed by atoms with Crippen molar-refractivity contribution in [2.45, 2.75) is 38.2 Å². The molecule has 1 fully saturated rings. The molecule has 1 saturated heterocycles. The van der Waals surface area contributed by atoms with Crippen LogP contribution in [-0.2, 0) is 16.2 Å². The number of nitrogens with one attached hydrogen (secondary N) is 1. The van der Waals surface area contributed by atoms with Gasteiger partial charge in [-0.1, -0.05) is 102 Å². The Hall–Kier alpha value is -5.86. The molecule has 5 aromatic carbocycles. The highest BCUT2D eigenvalue weighted by molar-refractivity contribution is 6.39. The number of benzene rings is 5. The van der Waals surface area contributed by atoms with E-state index in [1.807, 2.05) is 79.7 Å². The van der Waals surface area contributed by atoms with Crippen molar-refractivity contribution in [3.63, 3.8) is 0 Å². The van der Waals surface area contributed by atoms with E-state index in [-0.39, 0.29) is 29.0 Å². The Bertz CT molecular complexity index is 2200. The van der Waals surface area contributed by atoms with Gasteiger partial charge in [0.05, 0.1) is 17.8 Å². The van der Waals surface area contributed by atoms with Gasteiger partial charge in [0.1, 0.15) is 12.2 Å². The third-order valence-electron chi connectivity index (χ3n) is 10.4. The average Bonchev–Trinajstić information content (AvgIpc) is 3.16. The smallest absolute Gasteiger partial charge is 0.335 e. The van der Waals surface area contributed by atoms with Crippen molar-refractivity contribution in [3.8, 4) is 11.5 Å². The first-order valence-corrected chi connectivity index (χ1v) is 18.2. The molecule has 0 radical (unpaired) electrons. The van der Waals surface area contributed by atoms with Gasteiger partial charge in [0, 0.05) is 30.6 Å². The van der Waals surface area contributed by atoms with Crippen molar-refractivity contribution < 1.29 is 23.9 Å². The molecule has 3 aliphatic heterocycles. The van der Waals surface area contributed by atoms with E-state index in [1.54, 1.807) is 12.1 Å². The van der Waals surface area contributed by atoms with Gasteiger partial charge >= 0.3 is 6.03 Å². The molecule has 0 unspecified atom stereocenters. The van der Waals surface area contributed by atoms with Gasteiger partial charge in [-0.15, -0.1) is 0 Å². The van der Waals surface area contributed by atoms with Crippen LogP contribution in [0.15, 0.2) is 115 Å². The van der Waals surface area contributed by atoms with Crippen LogP contribution < -0.4 is 24.6 Å². The molecule has 4 amide bonds. The maximum absolute atomic E-state index is 14.4. The number of amides is 4. The Morgan fingerprint density at radius 2 is 1.45 bits per heavy atom. The van der Waals surface area contributed by atoms with E-state index in [0.717, 1.165) is 58.8 Å². The molecule has 9 heteroatoms. The molecule has 53 heavy (non-hydrogen) atoms. The molecular weight excluding hydrogens is 686 g/mol. The van der Waals surface area contributed by atoms with Crippen molar-refractivity contribution in [1.82, 2.24) is 5.32 Å². The van der Waals surface area contributed by atoms with Crippen molar-refractivity contribution >= 4 is 46.9 Å². The first-order chi connectivity index (χ1) is 25.8. The van der Waals surface area contributed by atoms with E-state index < -0.39 is 17.8 Å². The highest BCUT2D eigenvalue weighted by Crippen LogP contribution is 2.50. The van der Waals surface area contributed by atoms with Gasteiger partial charge in [0.25, 0.3) is 11.8 Å². The summed E-state index contributed by atoms with van der Waals surface area (Å²) in [6.07, 6.45) is 3.22. The number of methoxy groups -OCH3 is 1. The third kappa shape index (κ3) is 6.55. The standard InChI is InChI=1S/C44H38ClN3O5/c1-27-10-9-11-28(20-27)26-53-41-38(45)22-29(23-39(41)52-2)21-37-42(49)46-44(51)48(43(37)50)32-24-35-33(30-12-5-3-6-13-30)16-18-47-19-17-34(36(25-32)40(35)47)31-14-7-4-8-15-31/h3-15,20-25,33-34H,16-19,26H2,1-2H3,(H,46,49,51)/b37-21+/t33-,34-/m0/s1. The normalized spacial score (nSPS) is 18.8. The largest absolute Gasteiger partial charge is 0.493 e. The zero-order valence-electron chi connectivity index (χ0n) is 29.5. The third-order valence-corrected chi connectivity index (χ3v) is 10.7. The summed E-state index contributed by atoms with van der Waals surface area (Å²) in [6, 6.07) is 35.0. The minimum Gasteiger partial charge on any atom is -0.493 e. The number of carbonyl (C=O) groups excluding carboxylic acids is 3. The van der Waals surface area contributed by atoms with E-state index in [9.17, 15) is 14.4 Å². The summed E-state index contributed by atoms with van der Waals surface area (Å²) in [7, 11) is 1.50. The Morgan fingerprint density at radius 3 is 2.06 bits per heavy atom. The Kier molecular flexibility index (Phi) is 9.22. The Balaban J connectivity index is 1.19. The second-order valence-electron chi connectivity index (χ2n) is 13.7. The number of aryl methyl sites for hydroxylation is 1. The maximum atomic E-state index is 14.4. The molecule has 8 rings (SSSR count). The number of ether oxygens (including phenoxy) is 2. The number of urea groups is 1. The van der Waals surface area contributed by atoms with Crippen LogP contribution in [0.4, 0.5) is 16.2 Å². The lowest BCUT2D eigenvalue weighted by Gasteiger charge is -2.44. The van der Waals surface area contributed by atoms with Gasteiger partial charge in [-0.2, -0.15) is 0 Å². The monoisotopic (exact) mass is 723 g/mol. The predicted molar refractivity (Wildman–Crippen MR) is 207 cm³/mol. The number of halogens is 1. The number of imide groups is 2. The lowest BCUT2D eigenvalue weighted by atomic mass is 9.76. The summed E-state index contributed by atoms with van der Waals surface area (Å²) in [6.45, 7) is 4.10. The molecule has 3 aliphatic rings. The summed E-state index contributed by atoms with van der Waals surface area (Å²) in [4.78, 5) is 44.9. The van der Waals surface area contributed by atoms with Crippen LogP contribution in [0.5, 0.6) is 11.5 Å². The molecule has 0 bridgehead atoms. The van der Waals surface area contributed by atoms with Crippen molar-refractivity contribution in [2.24, 2.45) is 0 Å². The van der Waals surface area contributed by atoms with Crippen molar-refractivity contribution in [3.05, 3.63) is 159 Å². The summed E-state index contributed by atoms with van der Waals surface area (Å²) >= 11 is 6.71. The SMILES string of the molecule is COc1cc(/C=C2\C(=O)NC(=O)N(c3cc4c5c(c3)[C@H](c3ccccc3)CCN5CC[C@H]4c3ccccc3)C2=O)cc(Cl)c1OCc1cccc(C)c1. The van der Waals surface area contributed by atoms with Crippen molar-refractivity contribution in [2.75, 3.05) is 30.0 Å². The number of barbiturate groups is 1. The fourth-order valence-corrected chi connectivity index (χ4v) is 8.22. The van der Waals surface area contributed by atoms with Crippen LogP contribution in [0.1, 0.15) is 63.6 Å². The molecule has 8 nitrogen and oxygen atoms in total. The summed E-state index contributed by atoms with van der Waals surface area (Å²) in [5.41, 5.74) is 8.38. The highest BCUT2D eigenvalue weighted by Gasteiger charge is 2.40. The number of hydrogen-bond donors (Lipinski definition) is 1. The van der Waals surface area contributed by atoms with Crippen LogP contribution in [0.3, 0.4) is 0 Å². The Morgan fingerprint density at radius 1 is 0.811 bits per heavy atom. The molecule has 0 saturated carbocycles. The fraction of sp³-hybridized carbons (Fsp3) is 0.205.